The highest BCUT2D eigenvalue weighted by Gasteiger charge is 2.56. The van der Waals surface area contributed by atoms with E-state index in [0.717, 1.165) is 52.0 Å². The maximum atomic E-state index is 6.64. The molecule has 0 radical (unpaired) electrons. The summed E-state index contributed by atoms with van der Waals surface area (Å²) in [5, 5.41) is 0. The third kappa shape index (κ3) is 19.6. The third-order valence-corrected chi connectivity index (χ3v) is 10.9. The number of rotatable bonds is 34. The monoisotopic (exact) mass is 702 g/mol. The molecule has 0 N–H and O–H groups in total. The van der Waals surface area contributed by atoms with Gasteiger partial charge in [-0.3, -0.25) is 4.90 Å². The van der Waals surface area contributed by atoms with Crippen molar-refractivity contribution in [3.63, 3.8) is 0 Å². The predicted molar refractivity (Wildman–Crippen MR) is 222 cm³/mol. The molecule has 1 aliphatic heterocycles. The van der Waals surface area contributed by atoms with Crippen molar-refractivity contribution >= 4 is 0 Å². The van der Waals surface area contributed by atoms with Gasteiger partial charge in [-0.05, 0) is 101 Å². The molecule has 0 saturated heterocycles. The van der Waals surface area contributed by atoms with Crippen molar-refractivity contribution in [3.8, 4) is 0 Å². The third-order valence-electron chi connectivity index (χ3n) is 10.9. The lowest BCUT2D eigenvalue weighted by Gasteiger charge is -2.34. The van der Waals surface area contributed by atoms with Crippen molar-refractivity contribution in [1.82, 2.24) is 4.90 Å². The second-order valence-corrected chi connectivity index (χ2v) is 15.5. The van der Waals surface area contributed by atoms with Gasteiger partial charge in [0.15, 0.2) is 6.29 Å². The van der Waals surface area contributed by atoms with E-state index < -0.39 is 0 Å². The van der Waals surface area contributed by atoms with Gasteiger partial charge in [-0.15, -0.1) is 0 Å². The Morgan fingerprint density at radius 2 is 0.882 bits per heavy atom. The van der Waals surface area contributed by atoms with Crippen LogP contribution in [-0.2, 0) is 22.6 Å². The van der Waals surface area contributed by atoms with E-state index in [1.54, 1.807) is 0 Å². The molecule has 1 aromatic carbocycles. The number of nitrogens with zero attached hydrogens (tertiary/aromatic N) is 1. The molecule has 1 heterocycles. The van der Waals surface area contributed by atoms with Gasteiger partial charge in [0.25, 0.3) is 0 Å². The quantitative estimate of drug-likeness (QED) is 0.0406. The Kier molecular flexibility index (Phi) is 25.1. The second-order valence-electron chi connectivity index (χ2n) is 15.5. The van der Waals surface area contributed by atoms with Crippen molar-refractivity contribution in [2.24, 2.45) is 0 Å². The lowest BCUT2D eigenvalue weighted by Crippen LogP contribution is -2.46. The average Bonchev–Trinajstić information content (AvgIpc) is 3.84. The van der Waals surface area contributed by atoms with Crippen LogP contribution in [0, 0.1) is 0 Å². The van der Waals surface area contributed by atoms with Crippen LogP contribution in [-0.4, -0.2) is 29.9 Å². The molecule has 0 atom stereocenters. The van der Waals surface area contributed by atoms with Crippen LogP contribution in [0.15, 0.2) is 72.9 Å². The summed E-state index contributed by atoms with van der Waals surface area (Å²) in [6.07, 6.45) is 51.7. The van der Waals surface area contributed by atoms with Gasteiger partial charge in [-0.1, -0.05) is 164 Å². The zero-order valence-corrected chi connectivity index (χ0v) is 33.5. The van der Waals surface area contributed by atoms with Crippen LogP contribution < -0.4 is 0 Å². The predicted octanol–water partition coefficient (Wildman–Crippen LogP) is 14.5. The van der Waals surface area contributed by atoms with Crippen LogP contribution in [0.5, 0.6) is 0 Å². The molecule has 1 aliphatic carbocycles. The Hall–Kier alpha value is -1.94. The maximum absolute atomic E-state index is 6.64. The number of benzene rings is 1. The standard InChI is InChI=1S/C48H79NO2/c1-3-5-7-9-11-13-15-17-19-21-23-25-27-29-31-35-41-50-47(48(39-40-48)49-43-45-37-33-34-38-46(45)44-49)51-42-36-32-30-28-26-24-22-20-18-16-14-12-10-8-6-4-2/h11-14,17-20,33-34,37-38,47H,3-10,15-16,21-32,35-36,39-44H2,1-2H3. The molecule has 3 heteroatoms. The van der Waals surface area contributed by atoms with Crippen LogP contribution >= 0.6 is 0 Å². The molecule has 0 spiro atoms. The lowest BCUT2D eigenvalue weighted by molar-refractivity contribution is -0.191. The highest BCUT2D eigenvalue weighted by molar-refractivity contribution is 5.32. The number of ether oxygens (including phenoxy) is 2. The summed E-state index contributed by atoms with van der Waals surface area (Å²) in [7, 11) is 0. The van der Waals surface area contributed by atoms with Crippen LogP contribution in [0.25, 0.3) is 0 Å². The number of unbranched alkanes of at least 4 members (excludes halogenated alkanes) is 18. The molecule has 51 heavy (non-hydrogen) atoms. The van der Waals surface area contributed by atoms with Gasteiger partial charge in [-0.25, -0.2) is 0 Å². The Morgan fingerprint density at radius 3 is 1.27 bits per heavy atom. The van der Waals surface area contributed by atoms with Crippen molar-refractivity contribution in [3.05, 3.63) is 84.0 Å². The van der Waals surface area contributed by atoms with Crippen LogP contribution in [0.3, 0.4) is 0 Å². The Labute approximate surface area is 316 Å². The smallest absolute Gasteiger partial charge is 0.175 e. The van der Waals surface area contributed by atoms with E-state index >= 15 is 0 Å². The fourth-order valence-electron chi connectivity index (χ4n) is 7.40. The van der Waals surface area contributed by atoms with Crippen molar-refractivity contribution in [2.45, 2.75) is 206 Å². The van der Waals surface area contributed by atoms with Gasteiger partial charge < -0.3 is 9.47 Å². The molecule has 1 saturated carbocycles. The van der Waals surface area contributed by atoms with Crippen LogP contribution in [0.1, 0.15) is 192 Å². The molecule has 0 amide bonds. The van der Waals surface area contributed by atoms with Gasteiger partial charge in [-0.2, -0.15) is 0 Å². The minimum Gasteiger partial charge on any atom is -0.351 e. The Bertz CT molecular complexity index is 1010. The van der Waals surface area contributed by atoms with Gasteiger partial charge >= 0.3 is 0 Å². The van der Waals surface area contributed by atoms with Crippen LogP contribution in [0.2, 0.25) is 0 Å². The SMILES string of the molecule is CCCCCC=CCC=CCCCCCCCCOC(OCCCCCCCCC=CCC=CCCCCC)C1(N2Cc3ccccc3C2)CC1. The van der Waals surface area contributed by atoms with E-state index in [4.69, 9.17) is 9.47 Å². The molecule has 3 rings (SSSR count). The zero-order chi connectivity index (χ0) is 35.9. The summed E-state index contributed by atoms with van der Waals surface area (Å²) in [6, 6.07) is 8.97. The van der Waals surface area contributed by atoms with Gasteiger partial charge in [0, 0.05) is 26.3 Å². The molecule has 0 bridgehead atoms. The van der Waals surface area contributed by atoms with Crippen molar-refractivity contribution in [2.75, 3.05) is 13.2 Å². The molecule has 1 fully saturated rings. The summed E-state index contributed by atoms with van der Waals surface area (Å²) in [5.74, 6) is 0. The molecule has 2 aliphatic rings. The molecule has 0 aromatic heterocycles. The van der Waals surface area contributed by atoms with Gasteiger partial charge in [0.1, 0.15) is 0 Å². The van der Waals surface area contributed by atoms with E-state index in [-0.39, 0.29) is 11.8 Å². The zero-order valence-electron chi connectivity index (χ0n) is 33.5. The Morgan fingerprint density at radius 1 is 0.510 bits per heavy atom. The molecule has 3 nitrogen and oxygen atoms in total. The number of fused-ring (bicyclic) bond motifs is 1. The first-order valence-electron chi connectivity index (χ1n) is 21.9. The fraction of sp³-hybridized carbons (Fsp3) is 0.708. The summed E-state index contributed by atoms with van der Waals surface area (Å²) in [4.78, 5) is 2.67. The number of hydrogen-bond donors (Lipinski definition) is 0. The fourth-order valence-corrected chi connectivity index (χ4v) is 7.40. The van der Waals surface area contributed by atoms with E-state index in [1.807, 2.05) is 0 Å². The summed E-state index contributed by atoms with van der Waals surface area (Å²) in [6.45, 7) is 8.26. The number of hydrogen-bond acceptors (Lipinski definition) is 3. The van der Waals surface area contributed by atoms with Gasteiger partial charge in [0.05, 0.1) is 5.54 Å². The second kappa shape index (κ2) is 29.5. The molecular weight excluding hydrogens is 623 g/mol. The van der Waals surface area contributed by atoms with Crippen LogP contribution in [0.4, 0.5) is 0 Å². The maximum Gasteiger partial charge on any atom is 0.175 e. The highest BCUT2D eigenvalue weighted by Crippen LogP contribution is 2.49. The first-order chi connectivity index (χ1) is 25.3. The minimum atomic E-state index is -0.0947. The van der Waals surface area contributed by atoms with E-state index in [0.29, 0.717) is 0 Å². The van der Waals surface area contributed by atoms with Crippen molar-refractivity contribution in [1.29, 1.82) is 0 Å². The molecule has 288 valence electrons. The largest absolute Gasteiger partial charge is 0.351 e. The first kappa shape index (κ1) is 43.5. The molecule has 0 unspecified atom stereocenters. The Balaban J connectivity index is 1.25. The van der Waals surface area contributed by atoms with E-state index in [1.165, 1.54) is 152 Å². The summed E-state index contributed by atoms with van der Waals surface area (Å²) >= 11 is 0. The van der Waals surface area contributed by atoms with E-state index in [2.05, 4.69) is 91.6 Å². The minimum absolute atomic E-state index is 0.0652. The average molecular weight is 702 g/mol. The molecule has 1 aromatic rings. The van der Waals surface area contributed by atoms with Crippen molar-refractivity contribution < 1.29 is 9.47 Å². The highest BCUT2D eigenvalue weighted by atomic mass is 16.7. The van der Waals surface area contributed by atoms with Gasteiger partial charge in [0.2, 0.25) is 0 Å². The normalized spacial score (nSPS) is 16.4. The summed E-state index contributed by atoms with van der Waals surface area (Å²) in [5.41, 5.74) is 3.03. The van der Waals surface area contributed by atoms with E-state index in [9.17, 15) is 0 Å². The topological polar surface area (TPSA) is 21.7 Å². The summed E-state index contributed by atoms with van der Waals surface area (Å²) < 4.78 is 13.3. The first-order valence-corrected chi connectivity index (χ1v) is 21.9. The lowest BCUT2D eigenvalue weighted by atomic mass is 10.1. The number of allylic oxidation sites excluding steroid dienone is 8. The molecular formula is C48H79NO2.